The van der Waals surface area contributed by atoms with Crippen molar-refractivity contribution in [2.75, 3.05) is 13.2 Å². The van der Waals surface area contributed by atoms with Crippen LogP contribution in [0.25, 0.3) is 0 Å². The molecule has 0 bridgehead atoms. The molecule has 0 rings (SSSR count). The monoisotopic (exact) mass is 129 g/mol. The van der Waals surface area contributed by atoms with E-state index in [1.54, 1.807) is 0 Å². The third kappa shape index (κ3) is 7.63. The average molecular weight is 129 g/mol. The van der Waals surface area contributed by atoms with Crippen molar-refractivity contribution in [3.63, 3.8) is 0 Å². The molecule has 0 spiro atoms. The number of nitrogens with zero attached hydrogens (tertiary/aromatic N) is 1. The molecule has 0 aromatic carbocycles. The minimum absolute atomic E-state index is 0.306. The number of aliphatic imine (C=N–C) groups is 1. The van der Waals surface area contributed by atoms with Gasteiger partial charge < -0.3 is 5.11 Å². The third-order valence-electron chi connectivity index (χ3n) is 1.05. The summed E-state index contributed by atoms with van der Waals surface area (Å²) >= 11 is 0. The summed E-state index contributed by atoms with van der Waals surface area (Å²) in [5.41, 5.74) is 0. The lowest BCUT2D eigenvalue weighted by Gasteiger charge is -1.89. The summed E-state index contributed by atoms with van der Waals surface area (Å²) in [6.07, 6.45) is 4.89. The first kappa shape index (κ1) is 8.63. The van der Waals surface area contributed by atoms with Crippen LogP contribution < -0.4 is 0 Å². The quantitative estimate of drug-likeness (QED) is 0.439. The molecule has 0 heterocycles. The van der Waals surface area contributed by atoms with Crippen molar-refractivity contribution >= 4 is 6.21 Å². The molecule has 0 aromatic heterocycles. The van der Waals surface area contributed by atoms with E-state index in [0.717, 1.165) is 25.8 Å². The van der Waals surface area contributed by atoms with E-state index in [2.05, 4.69) is 4.99 Å². The molecule has 0 atom stereocenters. The molecule has 0 radical (unpaired) electrons. The Labute approximate surface area is 56.6 Å². The van der Waals surface area contributed by atoms with Gasteiger partial charge in [-0.15, -0.1) is 0 Å². The van der Waals surface area contributed by atoms with Crippen LogP contribution in [0, 0.1) is 0 Å². The van der Waals surface area contributed by atoms with Crippen LogP contribution in [-0.2, 0) is 0 Å². The Morgan fingerprint density at radius 3 is 2.78 bits per heavy atom. The van der Waals surface area contributed by atoms with Gasteiger partial charge in [-0.2, -0.15) is 0 Å². The molecule has 1 N–H and O–H groups in total. The van der Waals surface area contributed by atoms with E-state index < -0.39 is 0 Å². The summed E-state index contributed by atoms with van der Waals surface area (Å²) in [4.78, 5) is 4.04. The van der Waals surface area contributed by atoms with Gasteiger partial charge in [0.2, 0.25) is 0 Å². The standard InChI is InChI=1S/C7H15NO/c1-2-8-6-4-3-5-7-9/h6,9H,2-5,7H2,1H3. The van der Waals surface area contributed by atoms with E-state index in [0.29, 0.717) is 6.61 Å². The SMILES string of the molecule is CCN=CCCCCO. The topological polar surface area (TPSA) is 32.6 Å². The molecule has 0 aliphatic rings. The lowest BCUT2D eigenvalue weighted by Crippen LogP contribution is -1.83. The fourth-order valence-electron chi connectivity index (χ4n) is 0.568. The molecule has 2 nitrogen and oxygen atoms in total. The third-order valence-corrected chi connectivity index (χ3v) is 1.05. The summed E-state index contributed by atoms with van der Waals surface area (Å²) in [6.45, 7) is 3.20. The molecule has 0 saturated heterocycles. The Balaban J connectivity index is 2.82. The second-order valence-electron chi connectivity index (χ2n) is 1.90. The van der Waals surface area contributed by atoms with Crippen LogP contribution in [-0.4, -0.2) is 24.5 Å². The van der Waals surface area contributed by atoms with Gasteiger partial charge in [-0.25, -0.2) is 0 Å². The van der Waals surface area contributed by atoms with Gasteiger partial charge in [0.15, 0.2) is 0 Å². The summed E-state index contributed by atoms with van der Waals surface area (Å²) in [6, 6.07) is 0. The molecular formula is C7H15NO. The first-order chi connectivity index (χ1) is 4.41. The number of unbranched alkanes of at least 4 members (excludes halogenated alkanes) is 2. The zero-order valence-electron chi connectivity index (χ0n) is 6.01. The Morgan fingerprint density at radius 1 is 1.44 bits per heavy atom. The van der Waals surface area contributed by atoms with Crippen LogP contribution in [0.1, 0.15) is 26.2 Å². The Kier molecular flexibility index (Phi) is 7.32. The Morgan fingerprint density at radius 2 is 2.22 bits per heavy atom. The van der Waals surface area contributed by atoms with Crippen molar-refractivity contribution < 1.29 is 5.11 Å². The molecule has 0 aromatic rings. The van der Waals surface area contributed by atoms with Crippen molar-refractivity contribution in [1.29, 1.82) is 0 Å². The molecule has 9 heavy (non-hydrogen) atoms. The fourth-order valence-corrected chi connectivity index (χ4v) is 0.568. The predicted octanol–water partition coefficient (Wildman–Crippen LogP) is 1.24. The molecule has 0 fully saturated rings. The average Bonchev–Trinajstić information content (AvgIpc) is 1.89. The van der Waals surface area contributed by atoms with Crippen LogP contribution in [0.3, 0.4) is 0 Å². The normalized spacial score (nSPS) is 10.9. The lowest BCUT2D eigenvalue weighted by molar-refractivity contribution is 0.286. The van der Waals surface area contributed by atoms with Gasteiger partial charge in [-0.05, 0) is 32.4 Å². The largest absolute Gasteiger partial charge is 0.396 e. The Bertz CT molecular complexity index is 71.3. The van der Waals surface area contributed by atoms with Gasteiger partial charge in [-0.3, -0.25) is 4.99 Å². The first-order valence-corrected chi connectivity index (χ1v) is 3.51. The van der Waals surface area contributed by atoms with Gasteiger partial charge in [0.05, 0.1) is 0 Å². The zero-order valence-corrected chi connectivity index (χ0v) is 6.01. The number of aliphatic hydroxyl groups is 1. The minimum atomic E-state index is 0.306. The molecule has 54 valence electrons. The summed E-state index contributed by atoms with van der Waals surface area (Å²) in [7, 11) is 0. The maximum absolute atomic E-state index is 8.38. The maximum atomic E-state index is 8.38. The van der Waals surface area contributed by atoms with Gasteiger partial charge in [-0.1, -0.05) is 0 Å². The van der Waals surface area contributed by atoms with Crippen molar-refractivity contribution in [2.45, 2.75) is 26.2 Å². The van der Waals surface area contributed by atoms with Crippen LogP contribution in [0.5, 0.6) is 0 Å². The molecule has 0 aliphatic carbocycles. The van der Waals surface area contributed by atoms with E-state index in [1.807, 2.05) is 13.1 Å². The van der Waals surface area contributed by atoms with Crippen LogP contribution in [0.15, 0.2) is 4.99 Å². The lowest BCUT2D eigenvalue weighted by atomic mass is 10.2. The first-order valence-electron chi connectivity index (χ1n) is 3.51. The smallest absolute Gasteiger partial charge is 0.0431 e. The summed E-state index contributed by atoms with van der Waals surface area (Å²) < 4.78 is 0. The molecule has 0 aliphatic heterocycles. The van der Waals surface area contributed by atoms with Crippen molar-refractivity contribution in [2.24, 2.45) is 4.99 Å². The zero-order chi connectivity index (χ0) is 6.95. The van der Waals surface area contributed by atoms with Gasteiger partial charge >= 0.3 is 0 Å². The number of rotatable bonds is 5. The van der Waals surface area contributed by atoms with Crippen molar-refractivity contribution in [1.82, 2.24) is 0 Å². The highest BCUT2D eigenvalue weighted by molar-refractivity contribution is 5.56. The number of hydrogen-bond donors (Lipinski definition) is 1. The molecular weight excluding hydrogens is 114 g/mol. The second-order valence-corrected chi connectivity index (χ2v) is 1.90. The summed E-state index contributed by atoms with van der Waals surface area (Å²) in [5, 5.41) is 8.38. The van der Waals surface area contributed by atoms with Crippen molar-refractivity contribution in [3.05, 3.63) is 0 Å². The number of hydrogen-bond acceptors (Lipinski definition) is 2. The molecule has 0 amide bonds. The maximum Gasteiger partial charge on any atom is 0.0431 e. The van der Waals surface area contributed by atoms with E-state index in [9.17, 15) is 0 Å². The van der Waals surface area contributed by atoms with Crippen LogP contribution in [0.4, 0.5) is 0 Å². The molecule has 2 heteroatoms. The van der Waals surface area contributed by atoms with E-state index in [1.165, 1.54) is 0 Å². The second kappa shape index (κ2) is 7.63. The van der Waals surface area contributed by atoms with E-state index in [4.69, 9.17) is 5.11 Å². The van der Waals surface area contributed by atoms with Gasteiger partial charge in [0.1, 0.15) is 0 Å². The molecule has 0 unspecified atom stereocenters. The molecule has 0 saturated carbocycles. The van der Waals surface area contributed by atoms with Gasteiger partial charge in [0, 0.05) is 13.2 Å². The minimum Gasteiger partial charge on any atom is -0.396 e. The van der Waals surface area contributed by atoms with E-state index >= 15 is 0 Å². The van der Waals surface area contributed by atoms with Crippen molar-refractivity contribution in [3.8, 4) is 0 Å². The highest BCUT2D eigenvalue weighted by Crippen LogP contribution is 1.89. The van der Waals surface area contributed by atoms with E-state index in [-0.39, 0.29) is 0 Å². The number of aliphatic hydroxyl groups excluding tert-OH is 1. The predicted molar refractivity (Wildman–Crippen MR) is 40.0 cm³/mol. The Hall–Kier alpha value is -0.370. The van der Waals surface area contributed by atoms with Crippen LogP contribution >= 0.6 is 0 Å². The fraction of sp³-hybridized carbons (Fsp3) is 0.857. The highest BCUT2D eigenvalue weighted by atomic mass is 16.2. The van der Waals surface area contributed by atoms with Crippen LogP contribution in [0.2, 0.25) is 0 Å². The highest BCUT2D eigenvalue weighted by Gasteiger charge is 1.80. The summed E-state index contributed by atoms with van der Waals surface area (Å²) in [5.74, 6) is 0. The van der Waals surface area contributed by atoms with Gasteiger partial charge in [0.25, 0.3) is 0 Å².